The number of ether oxygens (including phenoxy) is 2. The van der Waals surface area contributed by atoms with Crippen LogP contribution in [-0.2, 0) is 9.53 Å². The summed E-state index contributed by atoms with van der Waals surface area (Å²) in [6.07, 6.45) is 6.20. The molecule has 2 atom stereocenters. The van der Waals surface area contributed by atoms with Gasteiger partial charge in [-0.2, -0.15) is 0 Å². The van der Waals surface area contributed by atoms with Crippen LogP contribution in [0.15, 0.2) is 54.6 Å². The van der Waals surface area contributed by atoms with Gasteiger partial charge in [-0.3, -0.25) is 0 Å². The molecule has 86 valence electrons. The van der Waals surface area contributed by atoms with Crippen LogP contribution in [0.5, 0.6) is 5.75 Å². The van der Waals surface area contributed by atoms with Gasteiger partial charge in [0.1, 0.15) is 5.75 Å². The van der Waals surface area contributed by atoms with Gasteiger partial charge in [0.25, 0.3) is 0 Å². The number of esters is 1. The number of allylic oxidation sites excluding steroid dienone is 2. The standard InChI is InChI=1S/C13H10O4/c14-11(16-10-6-2-1-3-7-10)12-8-4-5-9-13(12,15)17-12/h1-9,15H. The first-order valence-corrected chi connectivity index (χ1v) is 5.23. The first-order valence-electron chi connectivity index (χ1n) is 5.23. The molecule has 1 aromatic carbocycles. The molecule has 2 aliphatic rings. The number of fused-ring (bicyclic) bond motifs is 1. The Kier molecular flexibility index (Phi) is 1.98. The van der Waals surface area contributed by atoms with Gasteiger partial charge in [0.15, 0.2) is 0 Å². The normalized spacial score (nSPS) is 33.0. The number of rotatable bonds is 2. The second-order valence-electron chi connectivity index (χ2n) is 3.95. The van der Waals surface area contributed by atoms with Crippen molar-refractivity contribution < 1.29 is 19.4 Å². The van der Waals surface area contributed by atoms with Crippen LogP contribution in [-0.4, -0.2) is 22.5 Å². The molecule has 1 saturated heterocycles. The first kappa shape index (κ1) is 10.3. The topological polar surface area (TPSA) is 59.1 Å². The van der Waals surface area contributed by atoms with Crippen LogP contribution in [0, 0.1) is 0 Å². The molecular weight excluding hydrogens is 220 g/mol. The zero-order valence-electron chi connectivity index (χ0n) is 8.87. The van der Waals surface area contributed by atoms with Crippen molar-refractivity contribution >= 4 is 5.97 Å². The van der Waals surface area contributed by atoms with E-state index in [1.807, 2.05) is 6.07 Å². The number of carbonyl (C=O) groups is 1. The number of carbonyl (C=O) groups excluding carboxylic acids is 1. The van der Waals surface area contributed by atoms with Crippen molar-refractivity contribution in [1.82, 2.24) is 0 Å². The lowest BCUT2D eigenvalue weighted by atomic mass is 9.98. The van der Waals surface area contributed by atoms with Gasteiger partial charge < -0.3 is 14.6 Å². The molecule has 1 N–H and O–H groups in total. The molecule has 0 aromatic heterocycles. The zero-order valence-corrected chi connectivity index (χ0v) is 8.87. The summed E-state index contributed by atoms with van der Waals surface area (Å²) in [5.41, 5.74) is -1.38. The van der Waals surface area contributed by atoms with Crippen LogP contribution in [0.3, 0.4) is 0 Å². The first-order chi connectivity index (χ1) is 8.16. The molecule has 0 saturated carbocycles. The number of hydrogen-bond acceptors (Lipinski definition) is 4. The van der Waals surface area contributed by atoms with Gasteiger partial charge in [0.05, 0.1) is 0 Å². The van der Waals surface area contributed by atoms with Crippen molar-refractivity contribution in [3.63, 3.8) is 0 Å². The summed E-state index contributed by atoms with van der Waals surface area (Å²) in [4.78, 5) is 11.9. The number of benzene rings is 1. The van der Waals surface area contributed by atoms with Crippen LogP contribution in [0.25, 0.3) is 0 Å². The number of hydrogen-bond donors (Lipinski definition) is 1. The molecule has 1 aliphatic heterocycles. The molecule has 1 heterocycles. The summed E-state index contributed by atoms with van der Waals surface area (Å²) in [5, 5.41) is 9.89. The second kappa shape index (κ2) is 3.29. The quantitative estimate of drug-likeness (QED) is 0.471. The molecular formula is C13H10O4. The van der Waals surface area contributed by atoms with Crippen LogP contribution in [0.2, 0.25) is 0 Å². The van der Waals surface area contributed by atoms with Crippen LogP contribution in [0.4, 0.5) is 0 Å². The van der Waals surface area contributed by atoms with Gasteiger partial charge >= 0.3 is 5.97 Å². The van der Waals surface area contributed by atoms with E-state index in [2.05, 4.69) is 0 Å². The molecule has 17 heavy (non-hydrogen) atoms. The van der Waals surface area contributed by atoms with Crippen molar-refractivity contribution in [1.29, 1.82) is 0 Å². The maximum absolute atomic E-state index is 11.9. The molecule has 0 spiro atoms. The predicted octanol–water partition coefficient (Wildman–Crippen LogP) is 1.18. The third-order valence-corrected chi connectivity index (χ3v) is 2.83. The Morgan fingerprint density at radius 3 is 2.59 bits per heavy atom. The highest BCUT2D eigenvalue weighted by Crippen LogP contribution is 2.50. The van der Waals surface area contributed by atoms with Crippen molar-refractivity contribution in [3.8, 4) is 5.75 Å². The molecule has 0 amide bonds. The second-order valence-corrected chi connectivity index (χ2v) is 3.95. The Hall–Kier alpha value is -1.91. The molecule has 0 radical (unpaired) electrons. The monoisotopic (exact) mass is 230 g/mol. The summed E-state index contributed by atoms with van der Waals surface area (Å²) < 4.78 is 10.2. The largest absolute Gasteiger partial charge is 0.424 e. The Labute approximate surface area is 97.8 Å². The highest BCUT2D eigenvalue weighted by Gasteiger charge is 2.74. The summed E-state index contributed by atoms with van der Waals surface area (Å²) >= 11 is 0. The van der Waals surface area contributed by atoms with E-state index in [4.69, 9.17) is 9.47 Å². The van der Waals surface area contributed by atoms with Gasteiger partial charge in [-0.05, 0) is 24.3 Å². The lowest BCUT2D eigenvalue weighted by Crippen LogP contribution is -2.35. The van der Waals surface area contributed by atoms with E-state index in [9.17, 15) is 9.90 Å². The molecule has 4 nitrogen and oxygen atoms in total. The smallest absolute Gasteiger partial charge is 0.354 e. The zero-order chi connectivity index (χ0) is 11.9. The van der Waals surface area contributed by atoms with Crippen molar-refractivity contribution in [2.24, 2.45) is 0 Å². The van der Waals surface area contributed by atoms with Gasteiger partial charge in [0.2, 0.25) is 11.4 Å². The molecule has 0 bridgehead atoms. The highest BCUT2D eigenvalue weighted by atomic mass is 16.8. The molecule has 4 heteroatoms. The van der Waals surface area contributed by atoms with Crippen LogP contribution < -0.4 is 4.74 Å². The van der Waals surface area contributed by atoms with E-state index >= 15 is 0 Å². The minimum atomic E-state index is -1.55. The van der Waals surface area contributed by atoms with Crippen molar-refractivity contribution in [2.45, 2.75) is 11.4 Å². The molecule has 3 rings (SSSR count). The minimum absolute atomic E-state index is 0.424. The third kappa shape index (κ3) is 1.42. The predicted molar refractivity (Wildman–Crippen MR) is 59.1 cm³/mol. The summed E-state index contributed by atoms with van der Waals surface area (Å²) in [7, 11) is 0. The highest BCUT2D eigenvalue weighted by molar-refractivity contribution is 5.90. The van der Waals surface area contributed by atoms with Gasteiger partial charge in [0, 0.05) is 0 Å². The fraction of sp³-hybridized carbons (Fsp3) is 0.154. The molecule has 1 fully saturated rings. The van der Waals surface area contributed by atoms with E-state index in [1.165, 1.54) is 12.2 Å². The number of para-hydroxylation sites is 1. The maximum Gasteiger partial charge on any atom is 0.354 e. The molecule has 1 aromatic rings. The van der Waals surface area contributed by atoms with E-state index in [0.717, 1.165) is 0 Å². The van der Waals surface area contributed by atoms with Gasteiger partial charge in [-0.1, -0.05) is 30.4 Å². The van der Waals surface area contributed by atoms with E-state index in [-0.39, 0.29) is 0 Å². The lowest BCUT2D eigenvalue weighted by Gasteiger charge is -2.11. The van der Waals surface area contributed by atoms with Crippen molar-refractivity contribution in [2.75, 3.05) is 0 Å². The fourth-order valence-corrected chi connectivity index (χ4v) is 1.84. The average molecular weight is 230 g/mol. The molecule has 1 aliphatic carbocycles. The summed E-state index contributed by atoms with van der Waals surface area (Å²) in [6.45, 7) is 0. The van der Waals surface area contributed by atoms with E-state index < -0.39 is 17.4 Å². The summed E-state index contributed by atoms with van der Waals surface area (Å²) in [6, 6.07) is 8.67. The van der Waals surface area contributed by atoms with E-state index in [1.54, 1.807) is 36.4 Å². The van der Waals surface area contributed by atoms with Crippen molar-refractivity contribution in [3.05, 3.63) is 54.6 Å². The SMILES string of the molecule is O=C(Oc1ccccc1)C12C=CC=CC1(O)O2. The third-order valence-electron chi connectivity index (χ3n) is 2.83. The van der Waals surface area contributed by atoms with Gasteiger partial charge in [-0.25, -0.2) is 4.79 Å². The number of aliphatic hydroxyl groups is 1. The Bertz CT molecular complexity index is 519. The number of epoxide rings is 1. The molecule has 2 unspecified atom stereocenters. The average Bonchev–Trinajstić information content (AvgIpc) is 2.98. The van der Waals surface area contributed by atoms with E-state index in [0.29, 0.717) is 5.75 Å². The summed E-state index contributed by atoms with van der Waals surface area (Å²) in [5.74, 6) is -1.74. The Morgan fingerprint density at radius 1 is 1.18 bits per heavy atom. The van der Waals surface area contributed by atoms with Crippen LogP contribution >= 0.6 is 0 Å². The minimum Gasteiger partial charge on any atom is -0.424 e. The van der Waals surface area contributed by atoms with Crippen LogP contribution in [0.1, 0.15) is 0 Å². The lowest BCUT2D eigenvalue weighted by molar-refractivity contribution is -0.138. The Morgan fingerprint density at radius 2 is 1.88 bits per heavy atom. The maximum atomic E-state index is 11.9. The van der Waals surface area contributed by atoms with Gasteiger partial charge in [-0.15, -0.1) is 0 Å². The fourth-order valence-electron chi connectivity index (χ4n) is 1.84. The Balaban J connectivity index is 1.81.